The third-order valence-electron chi connectivity index (χ3n) is 4.37. The van der Waals surface area contributed by atoms with Crippen molar-refractivity contribution < 1.29 is 28.3 Å². The normalized spacial score (nSPS) is 16.1. The number of carbonyl (C=O) groups is 4. The first-order valence-corrected chi connectivity index (χ1v) is 8.80. The first kappa shape index (κ1) is 19.3. The van der Waals surface area contributed by atoms with Crippen LogP contribution in [0.15, 0.2) is 47.1 Å². The third-order valence-corrected chi connectivity index (χ3v) is 4.37. The Morgan fingerprint density at radius 3 is 2.79 bits per heavy atom. The molecule has 2 amide bonds. The molecule has 2 aromatic rings. The molecule has 1 atom stereocenters. The van der Waals surface area contributed by atoms with Crippen molar-refractivity contribution in [1.82, 2.24) is 4.90 Å². The molecule has 1 N–H and O–H groups in total. The summed E-state index contributed by atoms with van der Waals surface area (Å²) in [6.07, 6.45) is 1.56. The zero-order valence-electron chi connectivity index (χ0n) is 15.3. The SMILES string of the molecule is CC(=O)c1cccc(NC(=O)COC(=O)[C@H]2CC(=O)N(Cc3ccco3)C2)c1. The van der Waals surface area contributed by atoms with Gasteiger partial charge in [-0.05, 0) is 31.2 Å². The van der Waals surface area contributed by atoms with Gasteiger partial charge in [0.1, 0.15) is 5.76 Å². The number of nitrogens with one attached hydrogen (secondary N) is 1. The summed E-state index contributed by atoms with van der Waals surface area (Å²) in [7, 11) is 0. The average Bonchev–Trinajstić information content (AvgIpc) is 3.30. The molecule has 8 heteroatoms. The Kier molecular flexibility index (Phi) is 5.88. The summed E-state index contributed by atoms with van der Waals surface area (Å²) in [5.41, 5.74) is 0.908. The van der Waals surface area contributed by atoms with Crippen LogP contribution in [-0.4, -0.2) is 41.6 Å². The minimum absolute atomic E-state index is 0.0435. The van der Waals surface area contributed by atoms with Crippen LogP contribution in [0, 0.1) is 5.92 Å². The maximum absolute atomic E-state index is 12.2. The second kappa shape index (κ2) is 8.51. The number of ether oxygens (including phenoxy) is 1. The Morgan fingerprint density at radius 2 is 2.07 bits per heavy atom. The predicted octanol–water partition coefficient (Wildman–Crippen LogP) is 2.01. The molecule has 3 rings (SSSR count). The minimum atomic E-state index is -0.615. The first-order chi connectivity index (χ1) is 13.4. The van der Waals surface area contributed by atoms with Gasteiger partial charge in [0, 0.05) is 24.2 Å². The molecule has 0 bridgehead atoms. The fraction of sp³-hybridized carbons (Fsp3) is 0.300. The van der Waals surface area contributed by atoms with Gasteiger partial charge >= 0.3 is 5.97 Å². The highest BCUT2D eigenvalue weighted by Gasteiger charge is 2.35. The van der Waals surface area contributed by atoms with E-state index < -0.39 is 24.4 Å². The highest BCUT2D eigenvalue weighted by atomic mass is 16.5. The summed E-state index contributed by atoms with van der Waals surface area (Å²) in [6, 6.07) is 9.95. The number of esters is 1. The third kappa shape index (κ3) is 4.85. The van der Waals surface area contributed by atoms with E-state index in [1.165, 1.54) is 18.1 Å². The second-order valence-electron chi connectivity index (χ2n) is 6.55. The van der Waals surface area contributed by atoms with Crippen molar-refractivity contribution in [3.05, 3.63) is 54.0 Å². The maximum Gasteiger partial charge on any atom is 0.311 e. The van der Waals surface area contributed by atoms with Gasteiger partial charge < -0.3 is 19.4 Å². The minimum Gasteiger partial charge on any atom is -0.467 e. The van der Waals surface area contributed by atoms with Crippen LogP contribution in [0.25, 0.3) is 0 Å². The number of hydrogen-bond acceptors (Lipinski definition) is 6. The Morgan fingerprint density at radius 1 is 1.25 bits per heavy atom. The highest BCUT2D eigenvalue weighted by Crippen LogP contribution is 2.21. The molecule has 0 unspecified atom stereocenters. The van der Waals surface area contributed by atoms with Crippen molar-refractivity contribution in [3.8, 4) is 0 Å². The molecule has 1 aromatic heterocycles. The van der Waals surface area contributed by atoms with Crippen LogP contribution in [0.5, 0.6) is 0 Å². The molecule has 0 aliphatic carbocycles. The van der Waals surface area contributed by atoms with E-state index in [2.05, 4.69) is 5.32 Å². The van der Waals surface area contributed by atoms with E-state index >= 15 is 0 Å². The molecule has 1 aliphatic heterocycles. The summed E-state index contributed by atoms with van der Waals surface area (Å²) in [5.74, 6) is -1.38. The second-order valence-corrected chi connectivity index (χ2v) is 6.55. The lowest BCUT2D eigenvalue weighted by Gasteiger charge is -2.14. The Bertz CT molecular complexity index is 890. The molecule has 1 saturated heterocycles. The molecule has 28 heavy (non-hydrogen) atoms. The number of anilines is 1. The molecule has 0 radical (unpaired) electrons. The lowest BCUT2D eigenvalue weighted by atomic mass is 10.1. The van der Waals surface area contributed by atoms with Gasteiger partial charge in [-0.25, -0.2) is 0 Å². The number of benzene rings is 1. The van der Waals surface area contributed by atoms with E-state index in [0.29, 0.717) is 23.6 Å². The van der Waals surface area contributed by atoms with E-state index in [4.69, 9.17) is 9.15 Å². The molecule has 8 nitrogen and oxygen atoms in total. The summed E-state index contributed by atoms with van der Waals surface area (Å²) in [4.78, 5) is 49.1. The number of amides is 2. The fourth-order valence-electron chi connectivity index (χ4n) is 2.94. The monoisotopic (exact) mass is 384 g/mol. The number of hydrogen-bond donors (Lipinski definition) is 1. The summed E-state index contributed by atoms with van der Waals surface area (Å²) >= 11 is 0. The number of ketones is 1. The van der Waals surface area contributed by atoms with Gasteiger partial charge in [0.2, 0.25) is 5.91 Å². The van der Waals surface area contributed by atoms with E-state index in [1.54, 1.807) is 36.4 Å². The molecular formula is C20H20N2O6. The number of Topliss-reactive ketones (excluding diaryl/α,β-unsaturated/α-hetero) is 1. The molecule has 0 saturated carbocycles. The molecular weight excluding hydrogens is 364 g/mol. The predicted molar refractivity (Wildman–Crippen MR) is 98.3 cm³/mol. The van der Waals surface area contributed by atoms with Gasteiger partial charge in [-0.3, -0.25) is 19.2 Å². The van der Waals surface area contributed by atoms with Crippen LogP contribution in [0.2, 0.25) is 0 Å². The first-order valence-electron chi connectivity index (χ1n) is 8.80. The summed E-state index contributed by atoms with van der Waals surface area (Å²) in [6.45, 7) is 1.48. The number of furan rings is 1. The quantitative estimate of drug-likeness (QED) is 0.578. The van der Waals surface area contributed by atoms with Crippen LogP contribution in [0.4, 0.5) is 5.69 Å². The smallest absolute Gasteiger partial charge is 0.311 e. The zero-order valence-corrected chi connectivity index (χ0v) is 15.3. The molecule has 2 heterocycles. The fourth-order valence-corrected chi connectivity index (χ4v) is 2.94. The van der Waals surface area contributed by atoms with E-state index in [1.807, 2.05) is 0 Å². The van der Waals surface area contributed by atoms with Crippen LogP contribution < -0.4 is 5.32 Å². The molecule has 1 aliphatic rings. The zero-order chi connectivity index (χ0) is 20.1. The molecule has 1 aromatic carbocycles. The van der Waals surface area contributed by atoms with Gasteiger partial charge in [0.15, 0.2) is 12.4 Å². The Labute approximate surface area is 161 Å². The standard InChI is InChI=1S/C20H20N2O6/c1-13(23)14-4-2-5-16(8-14)21-18(24)12-28-20(26)15-9-19(25)22(10-15)11-17-6-3-7-27-17/h2-8,15H,9-12H2,1H3,(H,21,24)/t15-/m0/s1. The average molecular weight is 384 g/mol. The van der Waals surface area contributed by atoms with Crippen LogP contribution >= 0.6 is 0 Å². The van der Waals surface area contributed by atoms with Crippen LogP contribution in [0.3, 0.4) is 0 Å². The topological polar surface area (TPSA) is 106 Å². The van der Waals surface area contributed by atoms with Gasteiger partial charge in [0.05, 0.1) is 18.7 Å². The Balaban J connectivity index is 1.47. The number of rotatable bonds is 7. The number of carbonyl (C=O) groups excluding carboxylic acids is 4. The van der Waals surface area contributed by atoms with Gasteiger partial charge in [0.25, 0.3) is 5.91 Å². The summed E-state index contributed by atoms with van der Waals surface area (Å²) in [5, 5.41) is 2.57. The van der Waals surface area contributed by atoms with Gasteiger partial charge in [-0.1, -0.05) is 12.1 Å². The van der Waals surface area contributed by atoms with Crippen molar-refractivity contribution in [2.75, 3.05) is 18.5 Å². The van der Waals surface area contributed by atoms with Crippen molar-refractivity contribution in [3.63, 3.8) is 0 Å². The van der Waals surface area contributed by atoms with E-state index in [-0.39, 0.29) is 24.7 Å². The summed E-state index contributed by atoms with van der Waals surface area (Å²) < 4.78 is 10.3. The molecule has 1 fully saturated rings. The lowest BCUT2D eigenvalue weighted by Crippen LogP contribution is -2.28. The maximum atomic E-state index is 12.2. The van der Waals surface area contributed by atoms with Crippen LogP contribution in [0.1, 0.15) is 29.5 Å². The largest absolute Gasteiger partial charge is 0.467 e. The molecule has 146 valence electrons. The van der Waals surface area contributed by atoms with E-state index in [0.717, 1.165) is 0 Å². The van der Waals surface area contributed by atoms with Crippen molar-refractivity contribution in [1.29, 1.82) is 0 Å². The molecule has 0 spiro atoms. The number of likely N-dealkylation sites (tertiary alicyclic amines) is 1. The van der Waals surface area contributed by atoms with Crippen molar-refractivity contribution in [2.45, 2.75) is 19.9 Å². The Hall–Kier alpha value is -3.42. The van der Waals surface area contributed by atoms with Crippen LogP contribution in [-0.2, 0) is 25.7 Å². The van der Waals surface area contributed by atoms with E-state index in [9.17, 15) is 19.2 Å². The van der Waals surface area contributed by atoms with Gasteiger partial charge in [-0.2, -0.15) is 0 Å². The van der Waals surface area contributed by atoms with Crippen molar-refractivity contribution >= 4 is 29.3 Å². The van der Waals surface area contributed by atoms with Gasteiger partial charge in [-0.15, -0.1) is 0 Å². The number of nitrogens with zero attached hydrogens (tertiary/aromatic N) is 1. The highest BCUT2D eigenvalue weighted by molar-refractivity contribution is 5.97. The lowest BCUT2D eigenvalue weighted by molar-refractivity contribution is -0.151. The van der Waals surface area contributed by atoms with Crippen molar-refractivity contribution in [2.24, 2.45) is 5.92 Å².